The summed E-state index contributed by atoms with van der Waals surface area (Å²) in [6, 6.07) is 3.07. The normalized spacial score (nSPS) is 17.8. The van der Waals surface area contributed by atoms with Gasteiger partial charge in [0.25, 0.3) is 17.7 Å². The van der Waals surface area contributed by atoms with E-state index in [0.29, 0.717) is 0 Å². The van der Waals surface area contributed by atoms with Gasteiger partial charge in [0.15, 0.2) is 6.61 Å². The highest BCUT2D eigenvalue weighted by molar-refractivity contribution is 6.23. The average Bonchev–Trinajstić information content (AvgIpc) is 2.99. The van der Waals surface area contributed by atoms with Crippen molar-refractivity contribution in [1.82, 2.24) is 15.5 Å². The number of benzene rings is 1. The lowest BCUT2D eigenvalue weighted by Gasteiger charge is -2.27. The molecule has 3 rings (SSSR count). The number of imide groups is 2. The molecule has 0 saturated carbocycles. The van der Waals surface area contributed by atoms with E-state index in [0.717, 1.165) is 4.90 Å². The van der Waals surface area contributed by atoms with Crippen molar-refractivity contribution in [2.24, 2.45) is 0 Å². The minimum Gasteiger partial charge on any atom is -0.484 e. The van der Waals surface area contributed by atoms with E-state index in [1.165, 1.54) is 18.2 Å². The fourth-order valence-corrected chi connectivity index (χ4v) is 3.26. The Bertz CT molecular complexity index is 975. The Morgan fingerprint density at radius 1 is 1.12 bits per heavy atom. The number of rotatable bonds is 10. The predicted octanol–water partition coefficient (Wildman–Crippen LogP) is -0.926. The monoisotopic (exact) mass is 447 g/mol. The van der Waals surface area contributed by atoms with Crippen LogP contribution in [0.4, 0.5) is 0 Å². The number of aliphatic carboxylic acids is 1. The van der Waals surface area contributed by atoms with Crippen LogP contribution >= 0.6 is 0 Å². The van der Waals surface area contributed by atoms with Gasteiger partial charge >= 0.3 is 5.97 Å². The number of hydrogen-bond acceptors (Lipinski definition) is 8. The lowest BCUT2D eigenvalue weighted by atomic mass is 10.0. The molecule has 3 N–H and O–H groups in total. The van der Waals surface area contributed by atoms with Crippen LogP contribution in [0.3, 0.4) is 0 Å². The Morgan fingerprint density at radius 2 is 1.88 bits per heavy atom. The Kier molecular flexibility index (Phi) is 7.15. The molecule has 170 valence electrons. The van der Waals surface area contributed by atoms with Gasteiger partial charge in [-0.25, -0.2) is 0 Å². The first kappa shape index (κ1) is 22.9. The molecule has 0 radical (unpaired) electrons. The van der Waals surface area contributed by atoms with E-state index >= 15 is 0 Å². The molecule has 12 heteroatoms. The van der Waals surface area contributed by atoms with Gasteiger partial charge in [-0.05, 0) is 24.6 Å². The molecule has 0 aromatic heterocycles. The number of fused-ring (bicyclic) bond motifs is 1. The highest BCUT2D eigenvalue weighted by atomic mass is 16.5. The quantitative estimate of drug-likeness (QED) is 0.303. The fraction of sp³-hybridized carbons (Fsp3) is 0.400. The molecule has 32 heavy (non-hydrogen) atoms. The summed E-state index contributed by atoms with van der Waals surface area (Å²) in [5, 5.41) is 13.1. The van der Waals surface area contributed by atoms with Crippen molar-refractivity contribution >= 4 is 35.5 Å². The summed E-state index contributed by atoms with van der Waals surface area (Å²) in [5.41, 5.74) is 0.152. The number of amides is 5. The SMILES string of the molecule is O=C(O)CCOCCNC(=O)COc1ccc2c(c1)C(=O)N(C1CCC(=O)NC1=O)C2=O. The number of carboxylic acid groups (broad SMARTS) is 1. The van der Waals surface area contributed by atoms with Crippen LogP contribution in [0.5, 0.6) is 5.75 Å². The molecule has 1 aromatic rings. The van der Waals surface area contributed by atoms with Crippen LogP contribution in [0, 0.1) is 0 Å². The van der Waals surface area contributed by atoms with Crippen molar-refractivity contribution in [1.29, 1.82) is 0 Å². The molecular weight excluding hydrogens is 426 g/mol. The lowest BCUT2D eigenvalue weighted by molar-refractivity contribution is -0.138. The first-order valence-corrected chi connectivity index (χ1v) is 9.82. The maximum atomic E-state index is 12.7. The lowest BCUT2D eigenvalue weighted by Crippen LogP contribution is -2.54. The summed E-state index contributed by atoms with van der Waals surface area (Å²) in [4.78, 5) is 71.8. The van der Waals surface area contributed by atoms with Gasteiger partial charge in [-0.15, -0.1) is 0 Å². The zero-order valence-electron chi connectivity index (χ0n) is 16.9. The molecule has 5 amide bonds. The predicted molar refractivity (Wildman–Crippen MR) is 105 cm³/mol. The summed E-state index contributed by atoms with van der Waals surface area (Å²) < 4.78 is 10.4. The molecule has 1 unspecified atom stereocenters. The number of piperidine rings is 1. The zero-order valence-corrected chi connectivity index (χ0v) is 16.9. The Morgan fingerprint density at radius 3 is 2.59 bits per heavy atom. The molecule has 1 fully saturated rings. The molecule has 1 aromatic carbocycles. The number of carboxylic acids is 1. The number of nitrogens with one attached hydrogen (secondary N) is 2. The minimum absolute atomic E-state index is 0.0257. The number of carbonyl (C=O) groups excluding carboxylic acids is 5. The molecule has 0 spiro atoms. The van der Waals surface area contributed by atoms with Crippen molar-refractivity contribution in [3.8, 4) is 5.75 Å². The van der Waals surface area contributed by atoms with Crippen molar-refractivity contribution in [3.05, 3.63) is 29.3 Å². The van der Waals surface area contributed by atoms with Crippen molar-refractivity contribution < 1.29 is 43.3 Å². The van der Waals surface area contributed by atoms with Crippen molar-refractivity contribution in [2.45, 2.75) is 25.3 Å². The van der Waals surface area contributed by atoms with Crippen LogP contribution in [0.1, 0.15) is 40.0 Å². The number of hydrogen-bond donors (Lipinski definition) is 3. The van der Waals surface area contributed by atoms with Crippen molar-refractivity contribution in [2.75, 3.05) is 26.4 Å². The smallest absolute Gasteiger partial charge is 0.305 e. The third kappa shape index (κ3) is 5.27. The number of carbonyl (C=O) groups is 6. The highest BCUT2D eigenvalue weighted by Gasteiger charge is 2.44. The second kappa shape index (κ2) is 10.0. The number of nitrogens with zero attached hydrogens (tertiary/aromatic N) is 1. The van der Waals surface area contributed by atoms with E-state index in [4.69, 9.17) is 14.6 Å². The van der Waals surface area contributed by atoms with Gasteiger partial charge in [0.2, 0.25) is 11.8 Å². The zero-order chi connectivity index (χ0) is 23.3. The molecule has 0 aliphatic carbocycles. The highest BCUT2D eigenvalue weighted by Crippen LogP contribution is 2.30. The summed E-state index contributed by atoms with van der Waals surface area (Å²) >= 11 is 0. The summed E-state index contributed by atoms with van der Waals surface area (Å²) in [5.74, 6) is -3.71. The van der Waals surface area contributed by atoms with Crippen LogP contribution in [0.25, 0.3) is 0 Å². The van der Waals surface area contributed by atoms with E-state index in [-0.39, 0.29) is 62.5 Å². The molecular formula is C20H21N3O9. The van der Waals surface area contributed by atoms with Gasteiger partial charge in [-0.3, -0.25) is 39.0 Å². The van der Waals surface area contributed by atoms with E-state index in [9.17, 15) is 28.8 Å². The first-order valence-electron chi connectivity index (χ1n) is 9.82. The summed E-state index contributed by atoms with van der Waals surface area (Å²) in [6.07, 6.45) is -0.0465. The maximum absolute atomic E-state index is 12.7. The van der Waals surface area contributed by atoms with Crippen LogP contribution in [-0.2, 0) is 23.9 Å². The molecule has 1 saturated heterocycles. The van der Waals surface area contributed by atoms with Crippen molar-refractivity contribution in [3.63, 3.8) is 0 Å². The van der Waals surface area contributed by atoms with Gasteiger partial charge in [0, 0.05) is 13.0 Å². The van der Waals surface area contributed by atoms with Crippen LogP contribution in [-0.4, -0.2) is 77.9 Å². The maximum Gasteiger partial charge on any atom is 0.305 e. The third-order valence-electron chi connectivity index (χ3n) is 4.81. The molecule has 2 heterocycles. The minimum atomic E-state index is -1.06. The average molecular weight is 447 g/mol. The van der Waals surface area contributed by atoms with E-state index in [2.05, 4.69) is 10.6 Å². The molecule has 0 bridgehead atoms. The van der Waals surface area contributed by atoms with Gasteiger partial charge in [-0.1, -0.05) is 0 Å². The number of ether oxygens (including phenoxy) is 2. The standard InChI is InChI=1S/C20H21N3O9/c24-15-4-3-14(18(28)22-15)23-19(29)12-2-1-11(9-13(12)20(23)30)32-10-16(25)21-6-8-31-7-5-17(26)27/h1-2,9,14H,3-8,10H2,(H,21,25)(H,26,27)(H,22,24,28). The van der Waals surface area contributed by atoms with Crippen LogP contribution < -0.4 is 15.4 Å². The van der Waals surface area contributed by atoms with Gasteiger partial charge in [-0.2, -0.15) is 0 Å². The van der Waals surface area contributed by atoms with Crippen LogP contribution in [0.2, 0.25) is 0 Å². The molecule has 2 aliphatic heterocycles. The Labute approximate surface area is 181 Å². The van der Waals surface area contributed by atoms with Gasteiger partial charge < -0.3 is 19.9 Å². The third-order valence-corrected chi connectivity index (χ3v) is 4.81. The molecule has 1 atom stereocenters. The second-order valence-corrected chi connectivity index (χ2v) is 7.05. The molecule has 2 aliphatic rings. The molecule has 12 nitrogen and oxygen atoms in total. The first-order chi connectivity index (χ1) is 15.3. The summed E-state index contributed by atoms with van der Waals surface area (Å²) in [6.45, 7) is -0.00309. The Balaban J connectivity index is 1.52. The summed E-state index contributed by atoms with van der Waals surface area (Å²) in [7, 11) is 0. The van der Waals surface area contributed by atoms with Crippen LogP contribution in [0.15, 0.2) is 18.2 Å². The van der Waals surface area contributed by atoms with E-state index < -0.39 is 41.5 Å². The van der Waals surface area contributed by atoms with E-state index in [1.54, 1.807) is 0 Å². The Hall–Kier alpha value is -3.80. The van der Waals surface area contributed by atoms with E-state index in [1.807, 2.05) is 0 Å². The second-order valence-electron chi connectivity index (χ2n) is 7.05. The van der Waals surface area contributed by atoms with Gasteiger partial charge in [0.05, 0.1) is 30.8 Å². The largest absolute Gasteiger partial charge is 0.484 e. The fourth-order valence-electron chi connectivity index (χ4n) is 3.26. The topological polar surface area (TPSA) is 168 Å². The van der Waals surface area contributed by atoms with Gasteiger partial charge in [0.1, 0.15) is 11.8 Å².